The summed E-state index contributed by atoms with van der Waals surface area (Å²) in [6.07, 6.45) is 1.38. The summed E-state index contributed by atoms with van der Waals surface area (Å²) >= 11 is 3.12. The van der Waals surface area contributed by atoms with E-state index in [1.54, 1.807) is 16.8 Å². The number of benzene rings is 1. The Morgan fingerprint density at radius 1 is 1.44 bits per heavy atom. The molecule has 0 saturated heterocycles. The van der Waals surface area contributed by atoms with Gasteiger partial charge in [-0.05, 0) is 33.6 Å². The Morgan fingerprint density at radius 3 is 2.94 bits per heavy atom. The van der Waals surface area contributed by atoms with Gasteiger partial charge in [0, 0.05) is 0 Å². The zero-order chi connectivity index (χ0) is 11.5. The Balaban J connectivity index is 2.24. The third kappa shape index (κ3) is 2.28. The van der Waals surface area contributed by atoms with Gasteiger partial charge in [-0.25, -0.2) is 14.1 Å². The van der Waals surface area contributed by atoms with E-state index >= 15 is 0 Å². The van der Waals surface area contributed by atoms with Gasteiger partial charge in [0.2, 0.25) is 0 Å². The molecular weight excluding hydrogens is 277 g/mol. The van der Waals surface area contributed by atoms with Gasteiger partial charge in [0.1, 0.15) is 18.8 Å². The molecule has 2 aromatic rings. The Kier molecular flexibility index (Phi) is 3.31. The van der Waals surface area contributed by atoms with Gasteiger partial charge in [-0.1, -0.05) is 6.07 Å². The summed E-state index contributed by atoms with van der Waals surface area (Å²) in [5.41, 5.74) is 0.883. The van der Waals surface area contributed by atoms with E-state index in [1.807, 2.05) is 0 Å². The summed E-state index contributed by atoms with van der Waals surface area (Å²) in [6.45, 7) is 0.289. The molecule has 0 amide bonds. The van der Waals surface area contributed by atoms with E-state index in [1.165, 1.54) is 12.4 Å². The second-order valence-corrected chi connectivity index (χ2v) is 4.09. The quantitative estimate of drug-likeness (QED) is 0.934. The summed E-state index contributed by atoms with van der Waals surface area (Å²) < 4.78 is 15.0. The highest BCUT2D eigenvalue weighted by molar-refractivity contribution is 9.10. The molecule has 0 aliphatic heterocycles. The van der Waals surface area contributed by atoms with Crippen molar-refractivity contribution in [1.29, 1.82) is 0 Å². The van der Waals surface area contributed by atoms with Gasteiger partial charge in [-0.2, -0.15) is 5.10 Å². The van der Waals surface area contributed by atoms with Crippen molar-refractivity contribution in [3.63, 3.8) is 0 Å². The van der Waals surface area contributed by atoms with E-state index in [2.05, 4.69) is 26.0 Å². The smallest absolute Gasteiger partial charge is 0.152 e. The van der Waals surface area contributed by atoms with E-state index in [0.29, 0.717) is 16.8 Å². The van der Waals surface area contributed by atoms with Crippen LogP contribution in [0.3, 0.4) is 0 Å². The van der Waals surface area contributed by atoms with Gasteiger partial charge < -0.3 is 5.11 Å². The number of aliphatic hydroxyl groups excluding tert-OH is 1. The number of aromatic nitrogens is 3. The first-order chi connectivity index (χ1) is 7.70. The van der Waals surface area contributed by atoms with Crippen LogP contribution in [-0.4, -0.2) is 19.9 Å². The van der Waals surface area contributed by atoms with Crippen molar-refractivity contribution in [3.05, 3.63) is 46.2 Å². The van der Waals surface area contributed by atoms with E-state index < -0.39 is 0 Å². The molecule has 0 bridgehead atoms. The summed E-state index contributed by atoms with van der Waals surface area (Å²) in [7, 11) is 0. The predicted molar refractivity (Wildman–Crippen MR) is 59.1 cm³/mol. The lowest BCUT2D eigenvalue weighted by atomic mass is 10.2. The standard InChI is InChI=1S/C10H9BrFN3O/c11-8-3-7(1-2-9(8)12)4-15-10(5-16)13-6-14-15/h1-3,6,16H,4-5H2. The average molecular weight is 286 g/mol. The van der Waals surface area contributed by atoms with Gasteiger partial charge in [0.05, 0.1) is 11.0 Å². The minimum Gasteiger partial charge on any atom is -0.388 e. The number of hydrogen-bond donors (Lipinski definition) is 1. The molecule has 16 heavy (non-hydrogen) atoms. The molecule has 0 radical (unpaired) electrons. The molecule has 4 nitrogen and oxygen atoms in total. The molecule has 0 aliphatic rings. The van der Waals surface area contributed by atoms with Gasteiger partial charge in [0.25, 0.3) is 0 Å². The molecule has 0 saturated carbocycles. The van der Waals surface area contributed by atoms with E-state index in [0.717, 1.165) is 5.56 Å². The van der Waals surface area contributed by atoms with Crippen molar-refractivity contribution in [2.45, 2.75) is 13.2 Å². The summed E-state index contributed by atoms with van der Waals surface area (Å²) in [4.78, 5) is 3.89. The minimum absolute atomic E-state index is 0.164. The van der Waals surface area contributed by atoms with Gasteiger partial charge in [0.15, 0.2) is 5.82 Å². The first kappa shape index (κ1) is 11.2. The second kappa shape index (κ2) is 4.71. The van der Waals surface area contributed by atoms with Crippen molar-refractivity contribution >= 4 is 15.9 Å². The molecular formula is C10H9BrFN3O. The minimum atomic E-state index is -0.301. The molecule has 1 N–H and O–H groups in total. The fourth-order valence-corrected chi connectivity index (χ4v) is 1.78. The van der Waals surface area contributed by atoms with Gasteiger partial charge in [-0.3, -0.25) is 0 Å². The maximum Gasteiger partial charge on any atom is 0.152 e. The first-order valence-electron chi connectivity index (χ1n) is 4.62. The highest BCUT2D eigenvalue weighted by Gasteiger charge is 2.05. The Hall–Kier alpha value is -1.27. The predicted octanol–water partition coefficient (Wildman–Crippen LogP) is 1.72. The van der Waals surface area contributed by atoms with Crippen molar-refractivity contribution in [3.8, 4) is 0 Å². The fourth-order valence-electron chi connectivity index (χ4n) is 1.35. The highest BCUT2D eigenvalue weighted by Crippen LogP contribution is 2.17. The van der Waals surface area contributed by atoms with Crippen LogP contribution in [0.5, 0.6) is 0 Å². The van der Waals surface area contributed by atoms with Crippen LogP contribution in [0.4, 0.5) is 4.39 Å². The Labute approximate surface area is 99.9 Å². The largest absolute Gasteiger partial charge is 0.388 e. The number of aliphatic hydroxyl groups is 1. The monoisotopic (exact) mass is 285 g/mol. The lowest BCUT2D eigenvalue weighted by Gasteiger charge is -2.05. The molecule has 0 fully saturated rings. The summed E-state index contributed by atoms with van der Waals surface area (Å²) in [5, 5.41) is 13.0. The summed E-state index contributed by atoms with van der Waals surface area (Å²) in [6, 6.07) is 4.73. The normalized spacial score (nSPS) is 10.7. The van der Waals surface area contributed by atoms with E-state index in [-0.39, 0.29) is 12.4 Å². The van der Waals surface area contributed by atoms with Crippen LogP contribution in [0.25, 0.3) is 0 Å². The number of rotatable bonds is 3. The van der Waals surface area contributed by atoms with Crippen LogP contribution in [0.1, 0.15) is 11.4 Å². The SMILES string of the molecule is OCc1ncnn1Cc1ccc(F)c(Br)c1. The first-order valence-corrected chi connectivity index (χ1v) is 5.41. The Morgan fingerprint density at radius 2 is 2.25 bits per heavy atom. The third-order valence-electron chi connectivity index (χ3n) is 2.15. The van der Waals surface area contributed by atoms with Crippen LogP contribution < -0.4 is 0 Å². The number of halogens is 2. The van der Waals surface area contributed by atoms with Crippen LogP contribution in [0, 0.1) is 5.82 Å². The van der Waals surface area contributed by atoms with E-state index in [9.17, 15) is 4.39 Å². The molecule has 84 valence electrons. The highest BCUT2D eigenvalue weighted by atomic mass is 79.9. The summed E-state index contributed by atoms with van der Waals surface area (Å²) in [5.74, 6) is 0.185. The molecule has 0 atom stereocenters. The molecule has 0 aliphatic carbocycles. The molecule has 6 heteroatoms. The topological polar surface area (TPSA) is 50.9 Å². The fraction of sp³-hybridized carbons (Fsp3) is 0.200. The molecule has 1 aromatic carbocycles. The lowest BCUT2D eigenvalue weighted by Crippen LogP contribution is -2.07. The molecule has 2 rings (SSSR count). The lowest BCUT2D eigenvalue weighted by molar-refractivity contribution is 0.264. The zero-order valence-corrected chi connectivity index (χ0v) is 9.85. The molecule has 1 aromatic heterocycles. The Bertz CT molecular complexity index is 501. The molecule has 0 spiro atoms. The van der Waals surface area contributed by atoms with Gasteiger partial charge >= 0.3 is 0 Å². The maximum atomic E-state index is 13.0. The van der Waals surface area contributed by atoms with Crippen molar-refractivity contribution in [2.75, 3.05) is 0 Å². The van der Waals surface area contributed by atoms with Crippen LogP contribution in [0.2, 0.25) is 0 Å². The van der Waals surface area contributed by atoms with Crippen LogP contribution in [0.15, 0.2) is 29.0 Å². The van der Waals surface area contributed by atoms with Crippen molar-refractivity contribution in [2.24, 2.45) is 0 Å². The number of hydrogen-bond acceptors (Lipinski definition) is 3. The second-order valence-electron chi connectivity index (χ2n) is 3.24. The zero-order valence-electron chi connectivity index (χ0n) is 8.27. The average Bonchev–Trinajstić information content (AvgIpc) is 2.71. The van der Waals surface area contributed by atoms with Crippen molar-refractivity contribution < 1.29 is 9.50 Å². The van der Waals surface area contributed by atoms with Gasteiger partial charge in [-0.15, -0.1) is 0 Å². The van der Waals surface area contributed by atoms with Crippen LogP contribution >= 0.6 is 15.9 Å². The molecule has 0 unspecified atom stereocenters. The number of nitrogens with zero attached hydrogens (tertiary/aromatic N) is 3. The van der Waals surface area contributed by atoms with E-state index in [4.69, 9.17) is 5.11 Å². The van der Waals surface area contributed by atoms with Crippen LogP contribution in [-0.2, 0) is 13.2 Å². The third-order valence-corrected chi connectivity index (χ3v) is 2.76. The molecule has 1 heterocycles. The maximum absolute atomic E-state index is 13.0. The van der Waals surface area contributed by atoms with Crippen molar-refractivity contribution in [1.82, 2.24) is 14.8 Å².